The van der Waals surface area contributed by atoms with E-state index in [1.165, 1.54) is 0 Å². The molecule has 1 aromatic rings. The Morgan fingerprint density at radius 3 is 3.06 bits per heavy atom. The van der Waals surface area contributed by atoms with E-state index in [1.807, 2.05) is 18.2 Å². The molecule has 0 saturated heterocycles. The van der Waals surface area contributed by atoms with Crippen LogP contribution in [0, 0.1) is 0 Å². The second kappa shape index (κ2) is 5.10. The Labute approximate surface area is 101 Å². The number of methoxy groups -OCH3 is 1. The molecule has 1 heterocycles. The fourth-order valence-corrected chi connectivity index (χ4v) is 1.65. The van der Waals surface area contributed by atoms with Crippen LogP contribution < -0.4 is 19.5 Å². The molecule has 0 fully saturated rings. The van der Waals surface area contributed by atoms with Gasteiger partial charge in [-0.15, -0.1) is 6.58 Å². The molecule has 4 nitrogen and oxygen atoms in total. The SMILES string of the molecule is C=CC(C)NCc1cc(OC)c2c(c1)OCO2. The third-order valence-electron chi connectivity index (χ3n) is 2.70. The van der Waals surface area contributed by atoms with Crippen LogP contribution in [0.5, 0.6) is 17.2 Å². The van der Waals surface area contributed by atoms with Gasteiger partial charge in [-0.2, -0.15) is 0 Å². The minimum absolute atomic E-state index is 0.256. The predicted molar refractivity (Wildman–Crippen MR) is 65.6 cm³/mol. The van der Waals surface area contributed by atoms with Crippen molar-refractivity contribution in [1.29, 1.82) is 0 Å². The first-order valence-electron chi connectivity index (χ1n) is 5.57. The molecule has 4 heteroatoms. The number of rotatable bonds is 5. The minimum atomic E-state index is 0.256. The van der Waals surface area contributed by atoms with Gasteiger partial charge in [-0.3, -0.25) is 0 Å². The summed E-state index contributed by atoms with van der Waals surface area (Å²) in [4.78, 5) is 0. The Hall–Kier alpha value is -1.68. The van der Waals surface area contributed by atoms with Crippen LogP contribution in [0.15, 0.2) is 24.8 Å². The van der Waals surface area contributed by atoms with E-state index in [1.54, 1.807) is 7.11 Å². The molecule has 0 amide bonds. The van der Waals surface area contributed by atoms with Crippen LogP contribution in [-0.4, -0.2) is 19.9 Å². The fraction of sp³-hybridized carbons (Fsp3) is 0.385. The summed E-state index contributed by atoms with van der Waals surface area (Å²) in [7, 11) is 1.63. The number of benzene rings is 1. The molecule has 1 N–H and O–H groups in total. The zero-order valence-electron chi connectivity index (χ0n) is 10.2. The third kappa shape index (κ3) is 2.53. The quantitative estimate of drug-likeness (QED) is 0.793. The maximum absolute atomic E-state index is 5.36. The summed E-state index contributed by atoms with van der Waals surface area (Å²) >= 11 is 0. The molecule has 0 aromatic heterocycles. The van der Waals surface area contributed by atoms with Gasteiger partial charge in [0.2, 0.25) is 12.5 Å². The van der Waals surface area contributed by atoms with Crippen LogP contribution >= 0.6 is 0 Å². The van der Waals surface area contributed by atoms with Gasteiger partial charge in [-0.05, 0) is 24.6 Å². The van der Waals surface area contributed by atoms with Crippen molar-refractivity contribution in [2.75, 3.05) is 13.9 Å². The van der Waals surface area contributed by atoms with Crippen LogP contribution in [0.25, 0.3) is 0 Å². The summed E-state index contributed by atoms with van der Waals surface area (Å²) in [5.41, 5.74) is 1.10. The topological polar surface area (TPSA) is 39.7 Å². The predicted octanol–water partition coefficient (Wildman–Crippen LogP) is 2.09. The minimum Gasteiger partial charge on any atom is -0.493 e. The molecule has 0 bridgehead atoms. The summed E-state index contributed by atoms with van der Waals surface area (Å²) < 4.78 is 16.0. The van der Waals surface area contributed by atoms with Crippen molar-refractivity contribution in [1.82, 2.24) is 5.32 Å². The molecule has 1 aliphatic heterocycles. The molecule has 17 heavy (non-hydrogen) atoms. The fourth-order valence-electron chi connectivity index (χ4n) is 1.65. The zero-order chi connectivity index (χ0) is 12.3. The van der Waals surface area contributed by atoms with Gasteiger partial charge in [0.1, 0.15) is 0 Å². The molecule has 0 spiro atoms. The summed E-state index contributed by atoms with van der Waals surface area (Å²) in [6.45, 7) is 6.78. The van der Waals surface area contributed by atoms with Crippen LogP contribution in [0.4, 0.5) is 0 Å². The van der Waals surface area contributed by atoms with Gasteiger partial charge >= 0.3 is 0 Å². The number of fused-ring (bicyclic) bond motifs is 1. The van der Waals surface area contributed by atoms with Gasteiger partial charge < -0.3 is 19.5 Å². The van der Waals surface area contributed by atoms with E-state index in [0.717, 1.165) is 17.9 Å². The van der Waals surface area contributed by atoms with Crippen molar-refractivity contribution in [3.05, 3.63) is 30.4 Å². The lowest BCUT2D eigenvalue weighted by Gasteiger charge is -2.11. The third-order valence-corrected chi connectivity index (χ3v) is 2.70. The Morgan fingerprint density at radius 1 is 1.53 bits per heavy atom. The number of hydrogen-bond donors (Lipinski definition) is 1. The van der Waals surface area contributed by atoms with Gasteiger partial charge in [0.25, 0.3) is 0 Å². The molecule has 1 aliphatic rings. The molecule has 0 aliphatic carbocycles. The largest absolute Gasteiger partial charge is 0.493 e. The van der Waals surface area contributed by atoms with E-state index in [9.17, 15) is 0 Å². The maximum atomic E-state index is 5.36. The van der Waals surface area contributed by atoms with E-state index in [-0.39, 0.29) is 12.8 Å². The number of nitrogens with one attached hydrogen (secondary N) is 1. The first-order valence-corrected chi connectivity index (χ1v) is 5.57. The Morgan fingerprint density at radius 2 is 2.35 bits per heavy atom. The standard InChI is InChI=1S/C13H17NO3/c1-4-9(2)14-7-10-5-11(15-3)13-12(6-10)16-8-17-13/h4-6,9,14H,1,7-8H2,2-3H3. The lowest BCUT2D eigenvalue weighted by atomic mass is 10.1. The summed E-state index contributed by atoms with van der Waals surface area (Å²) in [6.07, 6.45) is 1.87. The normalized spacial score (nSPS) is 14.5. The molecule has 0 radical (unpaired) electrons. The lowest BCUT2D eigenvalue weighted by Crippen LogP contribution is -2.22. The highest BCUT2D eigenvalue weighted by Crippen LogP contribution is 2.41. The average molecular weight is 235 g/mol. The van der Waals surface area contributed by atoms with Crippen LogP contribution in [0.1, 0.15) is 12.5 Å². The Bertz CT molecular complexity index is 417. The first kappa shape index (κ1) is 11.8. The van der Waals surface area contributed by atoms with Crippen molar-refractivity contribution >= 4 is 0 Å². The highest BCUT2D eigenvalue weighted by molar-refractivity contribution is 5.55. The monoisotopic (exact) mass is 235 g/mol. The van der Waals surface area contributed by atoms with Crippen molar-refractivity contribution in [3.63, 3.8) is 0 Å². The van der Waals surface area contributed by atoms with Crippen molar-refractivity contribution < 1.29 is 14.2 Å². The Kier molecular flexibility index (Phi) is 3.54. The smallest absolute Gasteiger partial charge is 0.231 e. The average Bonchev–Trinajstić information content (AvgIpc) is 2.82. The summed E-state index contributed by atoms with van der Waals surface area (Å²) in [6, 6.07) is 4.19. The number of ether oxygens (including phenoxy) is 3. The maximum Gasteiger partial charge on any atom is 0.231 e. The van der Waals surface area contributed by atoms with E-state index in [2.05, 4.69) is 18.8 Å². The van der Waals surface area contributed by atoms with Crippen molar-refractivity contribution in [3.8, 4) is 17.2 Å². The molecule has 1 atom stereocenters. The van der Waals surface area contributed by atoms with E-state index in [0.29, 0.717) is 11.5 Å². The highest BCUT2D eigenvalue weighted by Gasteiger charge is 2.19. The van der Waals surface area contributed by atoms with Crippen LogP contribution in [0.3, 0.4) is 0 Å². The lowest BCUT2D eigenvalue weighted by molar-refractivity contribution is 0.171. The van der Waals surface area contributed by atoms with Crippen molar-refractivity contribution in [2.45, 2.75) is 19.5 Å². The second-order valence-electron chi connectivity index (χ2n) is 3.94. The van der Waals surface area contributed by atoms with Crippen molar-refractivity contribution in [2.24, 2.45) is 0 Å². The molecule has 0 saturated carbocycles. The molecular weight excluding hydrogens is 218 g/mol. The number of hydrogen-bond acceptors (Lipinski definition) is 4. The summed E-state index contributed by atoms with van der Waals surface area (Å²) in [5.74, 6) is 2.14. The molecule has 2 rings (SSSR count). The van der Waals surface area contributed by atoms with E-state index < -0.39 is 0 Å². The van der Waals surface area contributed by atoms with E-state index >= 15 is 0 Å². The van der Waals surface area contributed by atoms with Gasteiger partial charge in [-0.1, -0.05) is 6.08 Å². The van der Waals surface area contributed by atoms with Crippen LogP contribution in [0.2, 0.25) is 0 Å². The Balaban J connectivity index is 2.16. The molecule has 1 unspecified atom stereocenters. The van der Waals surface area contributed by atoms with E-state index in [4.69, 9.17) is 14.2 Å². The first-order chi connectivity index (χ1) is 8.24. The van der Waals surface area contributed by atoms with Crippen LogP contribution in [-0.2, 0) is 6.54 Å². The molecule has 1 aromatic carbocycles. The highest BCUT2D eigenvalue weighted by atomic mass is 16.7. The zero-order valence-corrected chi connectivity index (χ0v) is 10.2. The molecular formula is C13H17NO3. The summed E-state index contributed by atoms with van der Waals surface area (Å²) in [5, 5.41) is 3.32. The van der Waals surface area contributed by atoms with Gasteiger partial charge in [0, 0.05) is 12.6 Å². The van der Waals surface area contributed by atoms with Gasteiger partial charge in [-0.25, -0.2) is 0 Å². The van der Waals surface area contributed by atoms with Gasteiger partial charge in [0.05, 0.1) is 7.11 Å². The second-order valence-corrected chi connectivity index (χ2v) is 3.94. The molecule has 92 valence electrons. The van der Waals surface area contributed by atoms with Gasteiger partial charge in [0.15, 0.2) is 11.5 Å².